The first-order valence-corrected chi connectivity index (χ1v) is 9.54. The van der Waals surface area contributed by atoms with Crippen molar-refractivity contribution in [1.29, 1.82) is 0 Å². The van der Waals surface area contributed by atoms with Gasteiger partial charge in [-0.3, -0.25) is 5.10 Å². The summed E-state index contributed by atoms with van der Waals surface area (Å²) < 4.78 is 65.8. The second-order valence-electron chi connectivity index (χ2n) is 6.58. The predicted octanol–water partition coefficient (Wildman–Crippen LogP) is 2.62. The highest BCUT2D eigenvalue weighted by atomic mass is 32.2. The van der Waals surface area contributed by atoms with Gasteiger partial charge in [0.1, 0.15) is 0 Å². The molecule has 0 saturated heterocycles. The number of hydrogen-bond acceptors (Lipinski definition) is 4. The van der Waals surface area contributed by atoms with Crippen LogP contribution in [0.4, 0.5) is 13.2 Å². The minimum atomic E-state index is -4.54. The number of aromatic nitrogens is 2. The molecule has 4 rings (SSSR count). The standard InChI is InChI=1S/C16H16F3N3O3S/c17-16(18,19)10-3-5-11(6-4-10)26(24,25)22-13(8-23)14-12(7-20-21-14)15(22)9-1-2-9/h3-7,9,13,15,23H,1-2,8H2,(H,20,21). The molecule has 0 amide bonds. The maximum absolute atomic E-state index is 13.2. The van der Waals surface area contributed by atoms with Crippen molar-refractivity contribution in [3.8, 4) is 0 Å². The maximum atomic E-state index is 13.2. The zero-order chi connectivity index (χ0) is 18.7. The van der Waals surface area contributed by atoms with Gasteiger partial charge in [-0.2, -0.15) is 22.6 Å². The Balaban J connectivity index is 1.76. The van der Waals surface area contributed by atoms with Gasteiger partial charge in [-0.25, -0.2) is 8.42 Å². The lowest BCUT2D eigenvalue weighted by molar-refractivity contribution is -0.137. The summed E-state index contributed by atoms with van der Waals surface area (Å²) in [6, 6.07) is 2.13. The molecule has 0 spiro atoms. The Morgan fingerprint density at radius 3 is 2.42 bits per heavy atom. The van der Waals surface area contributed by atoms with Gasteiger partial charge in [0.15, 0.2) is 0 Å². The maximum Gasteiger partial charge on any atom is 0.416 e. The molecule has 2 N–H and O–H groups in total. The Kier molecular flexibility index (Phi) is 3.90. The number of aromatic amines is 1. The normalized spacial score (nSPS) is 24.0. The molecule has 1 aromatic carbocycles. The van der Waals surface area contributed by atoms with Gasteiger partial charge in [0.05, 0.1) is 41.0 Å². The van der Waals surface area contributed by atoms with E-state index in [9.17, 15) is 26.7 Å². The highest BCUT2D eigenvalue weighted by Crippen LogP contribution is 2.54. The fraction of sp³-hybridized carbons (Fsp3) is 0.438. The van der Waals surface area contributed by atoms with Crippen LogP contribution in [0.5, 0.6) is 0 Å². The summed E-state index contributed by atoms with van der Waals surface area (Å²) in [6.45, 7) is -0.446. The Morgan fingerprint density at radius 2 is 1.88 bits per heavy atom. The van der Waals surface area contributed by atoms with Crippen LogP contribution in [0.15, 0.2) is 35.4 Å². The molecule has 1 saturated carbocycles. The van der Waals surface area contributed by atoms with Gasteiger partial charge in [-0.1, -0.05) is 0 Å². The largest absolute Gasteiger partial charge is 0.416 e. The van der Waals surface area contributed by atoms with Gasteiger partial charge in [-0.15, -0.1) is 0 Å². The van der Waals surface area contributed by atoms with Gasteiger partial charge in [0.2, 0.25) is 10.0 Å². The molecule has 10 heteroatoms. The third-order valence-electron chi connectivity index (χ3n) is 4.93. The average Bonchev–Trinajstić information content (AvgIpc) is 3.21. The highest BCUT2D eigenvalue weighted by Gasteiger charge is 2.52. The van der Waals surface area contributed by atoms with Crippen molar-refractivity contribution in [2.24, 2.45) is 5.92 Å². The zero-order valence-electron chi connectivity index (χ0n) is 13.4. The van der Waals surface area contributed by atoms with E-state index >= 15 is 0 Å². The first-order chi connectivity index (χ1) is 12.2. The van der Waals surface area contributed by atoms with E-state index in [1.165, 1.54) is 4.31 Å². The number of halogens is 3. The third kappa shape index (κ3) is 2.63. The first kappa shape index (κ1) is 17.5. The number of alkyl halides is 3. The monoisotopic (exact) mass is 387 g/mol. The van der Waals surface area contributed by atoms with E-state index in [4.69, 9.17) is 0 Å². The number of hydrogen-bond donors (Lipinski definition) is 2. The van der Waals surface area contributed by atoms with E-state index in [1.54, 1.807) is 6.20 Å². The summed E-state index contributed by atoms with van der Waals surface area (Å²) >= 11 is 0. The molecule has 0 bridgehead atoms. The Hall–Kier alpha value is -1.91. The van der Waals surface area contributed by atoms with E-state index in [-0.39, 0.29) is 10.8 Å². The van der Waals surface area contributed by atoms with Crippen LogP contribution >= 0.6 is 0 Å². The highest BCUT2D eigenvalue weighted by molar-refractivity contribution is 7.89. The van der Waals surface area contributed by atoms with Gasteiger partial charge in [0.25, 0.3) is 0 Å². The number of sulfonamides is 1. The number of H-pyrrole nitrogens is 1. The molecule has 1 aromatic heterocycles. The molecule has 6 nitrogen and oxygen atoms in total. The van der Waals surface area contributed by atoms with Gasteiger partial charge in [-0.05, 0) is 43.0 Å². The molecule has 1 fully saturated rings. The molecule has 2 atom stereocenters. The van der Waals surface area contributed by atoms with Crippen molar-refractivity contribution >= 4 is 10.0 Å². The van der Waals surface area contributed by atoms with Crippen LogP contribution < -0.4 is 0 Å². The van der Waals surface area contributed by atoms with Crippen LogP contribution in [0, 0.1) is 5.92 Å². The molecule has 0 radical (unpaired) electrons. The van der Waals surface area contributed by atoms with Crippen LogP contribution in [0.1, 0.15) is 41.7 Å². The van der Waals surface area contributed by atoms with E-state index in [0.29, 0.717) is 5.69 Å². The van der Waals surface area contributed by atoms with Gasteiger partial charge in [0, 0.05) is 5.56 Å². The quantitative estimate of drug-likeness (QED) is 0.845. The minimum absolute atomic E-state index is 0.118. The van der Waals surface area contributed by atoms with Gasteiger partial charge >= 0.3 is 6.18 Å². The molecule has 2 unspecified atom stereocenters. The van der Waals surface area contributed by atoms with Crippen molar-refractivity contribution < 1.29 is 26.7 Å². The molecule has 140 valence electrons. The fourth-order valence-corrected chi connectivity index (χ4v) is 5.38. The van der Waals surface area contributed by atoms with E-state index < -0.39 is 40.5 Å². The number of benzene rings is 1. The lowest BCUT2D eigenvalue weighted by Gasteiger charge is -2.29. The summed E-state index contributed by atoms with van der Waals surface area (Å²) in [5, 5.41) is 16.5. The average molecular weight is 387 g/mol. The molecule has 2 heterocycles. The Morgan fingerprint density at radius 1 is 1.23 bits per heavy atom. The number of nitrogens with zero attached hydrogens (tertiary/aromatic N) is 2. The fourth-order valence-electron chi connectivity index (χ4n) is 3.57. The van der Waals surface area contributed by atoms with Crippen LogP contribution in [-0.2, 0) is 16.2 Å². The number of aliphatic hydroxyl groups is 1. The number of rotatable bonds is 4. The minimum Gasteiger partial charge on any atom is -0.394 e. The van der Waals surface area contributed by atoms with Crippen molar-refractivity contribution in [2.45, 2.75) is 36.0 Å². The summed E-state index contributed by atoms with van der Waals surface area (Å²) in [6.07, 6.45) is -1.27. The molecular weight excluding hydrogens is 371 g/mol. The second kappa shape index (κ2) is 5.80. The number of fused-ring (bicyclic) bond motifs is 1. The topological polar surface area (TPSA) is 86.3 Å². The van der Waals surface area contributed by atoms with Crippen LogP contribution in [0.3, 0.4) is 0 Å². The van der Waals surface area contributed by atoms with Crippen molar-refractivity contribution in [1.82, 2.24) is 14.5 Å². The SMILES string of the molecule is O=S(=O)(c1ccc(C(F)(F)F)cc1)N1C(CO)c2[nH]ncc2C1C1CC1. The van der Waals surface area contributed by atoms with Crippen molar-refractivity contribution in [2.75, 3.05) is 6.61 Å². The Bertz CT molecular complexity index is 920. The van der Waals surface area contributed by atoms with Crippen molar-refractivity contribution in [3.05, 3.63) is 47.3 Å². The molecule has 1 aliphatic carbocycles. The van der Waals surface area contributed by atoms with Crippen LogP contribution in [0.2, 0.25) is 0 Å². The van der Waals surface area contributed by atoms with Gasteiger partial charge < -0.3 is 5.11 Å². The summed E-state index contributed by atoms with van der Waals surface area (Å²) in [4.78, 5) is -0.229. The third-order valence-corrected chi connectivity index (χ3v) is 6.84. The molecule has 2 aromatic rings. The summed E-state index contributed by atoms with van der Waals surface area (Å²) in [5.41, 5.74) is 0.353. The molecule has 2 aliphatic rings. The summed E-state index contributed by atoms with van der Waals surface area (Å²) in [7, 11) is -4.10. The number of aliphatic hydroxyl groups excluding tert-OH is 1. The lowest BCUT2D eigenvalue weighted by atomic mass is 10.1. The zero-order valence-corrected chi connectivity index (χ0v) is 14.3. The second-order valence-corrected chi connectivity index (χ2v) is 8.42. The van der Waals surface area contributed by atoms with E-state index in [2.05, 4.69) is 10.2 Å². The predicted molar refractivity (Wildman–Crippen MR) is 84.3 cm³/mol. The smallest absolute Gasteiger partial charge is 0.394 e. The summed E-state index contributed by atoms with van der Waals surface area (Å²) in [5.74, 6) is 0.118. The molecule has 26 heavy (non-hydrogen) atoms. The van der Waals surface area contributed by atoms with E-state index in [1.807, 2.05) is 0 Å². The lowest BCUT2D eigenvalue weighted by Crippen LogP contribution is -2.36. The Labute approximate surface area is 147 Å². The van der Waals surface area contributed by atoms with Crippen LogP contribution in [0.25, 0.3) is 0 Å². The number of nitrogens with one attached hydrogen (secondary N) is 1. The van der Waals surface area contributed by atoms with E-state index in [0.717, 1.165) is 42.7 Å². The van der Waals surface area contributed by atoms with Crippen LogP contribution in [-0.4, -0.2) is 34.6 Å². The molecular formula is C16H16F3N3O3S. The molecule has 1 aliphatic heterocycles. The first-order valence-electron chi connectivity index (χ1n) is 8.10. The van der Waals surface area contributed by atoms with Crippen molar-refractivity contribution in [3.63, 3.8) is 0 Å².